The SMILES string of the molecule is Cc1nc(-c2ccc(COc3ccccc3)c(-n3ccnn3)c2)sc1C(=O)O. The summed E-state index contributed by atoms with van der Waals surface area (Å²) in [5.41, 5.74) is 3.04. The number of aromatic nitrogens is 4. The van der Waals surface area contributed by atoms with Gasteiger partial charge in [0.15, 0.2) is 0 Å². The molecule has 2 aromatic carbocycles. The molecule has 0 saturated heterocycles. The predicted molar refractivity (Wildman–Crippen MR) is 105 cm³/mol. The molecule has 4 aromatic rings. The number of carboxylic acid groups (broad SMARTS) is 1. The molecule has 0 aliphatic carbocycles. The number of ether oxygens (including phenoxy) is 1. The standard InChI is InChI=1S/C20H16N4O3S/c1-13-18(20(25)26)28-19(22-13)14-7-8-15(12-27-16-5-3-2-4-6-16)17(11-14)24-10-9-21-23-24/h2-11H,12H2,1H3,(H,25,26). The van der Waals surface area contributed by atoms with Gasteiger partial charge in [0.1, 0.15) is 22.2 Å². The van der Waals surface area contributed by atoms with Crippen molar-refractivity contribution in [3.63, 3.8) is 0 Å². The summed E-state index contributed by atoms with van der Waals surface area (Å²) in [5, 5.41) is 17.9. The summed E-state index contributed by atoms with van der Waals surface area (Å²) in [6, 6.07) is 15.3. The molecule has 0 spiro atoms. The van der Waals surface area contributed by atoms with Gasteiger partial charge in [-0.15, -0.1) is 16.4 Å². The molecule has 0 unspecified atom stereocenters. The molecular formula is C20H16N4O3S. The van der Waals surface area contributed by atoms with Crippen LogP contribution in [0.15, 0.2) is 60.9 Å². The monoisotopic (exact) mass is 392 g/mol. The Morgan fingerprint density at radius 3 is 2.71 bits per heavy atom. The smallest absolute Gasteiger partial charge is 0.347 e. The molecule has 140 valence electrons. The fourth-order valence-electron chi connectivity index (χ4n) is 2.77. The van der Waals surface area contributed by atoms with Crippen LogP contribution < -0.4 is 4.74 Å². The van der Waals surface area contributed by atoms with Gasteiger partial charge in [0.2, 0.25) is 0 Å². The van der Waals surface area contributed by atoms with Crippen LogP contribution in [-0.4, -0.2) is 31.1 Å². The number of benzene rings is 2. The van der Waals surface area contributed by atoms with Crippen molar-refractivity contribution in [3.8, 4) is 22.0 Å². The maximum absolute atomic E-state index is 11.3. The molecule has 0 radical (unpaired) electrons. The molecule has 0 bridgehead atoms. The van der Waals surface area contributed by atoms with Crippen molar-refractivity contribution in [3.05, 3.63) is 77.1 Å². The van der Waals surface area contributed by atoms with Crippen molar-refractivity contribution in [2.24, 2.45) is 0 Å². The molecule has 0 saturated carbocycles. The summed E-state index contributed by atoms with van der Waals surface area (Å²) in [7, 11) is 0. The number of aryl methyl sites for hydroxylation is 1. The highest BCUT2D eigenvalue weighted by Crippen LogP contribution is 2.30. The number of aromatic carboxylic acids is 1. The van der Waals surface area contributed by atoms with Crippen molar-refractivity contribution >= 4 is 17.3 Å². The summed E-state index contributed by atoms with van der Waals surface area (Å²) < 4.78 is 7.54. The number of carbonyl (C=O) groups is 1. The van der Waals surface area contributed by atoms with Crippen LogP contribution in [0.25, 0.3) is 16.3 Å². The van der Waals surface area contributed by atoms with Gasteiger partial charge in [-0.05, 0) is 25.1 Å². The maximum atomic E-state index is 11.3. The summed E-state index contributed by atoms with van der Waals surface area (Å²) in [4.78, 5) is 16.0. The highest BCUT2D eigenvalue weighted by Gasteiger charge is 2.17. The van der Waals surface area contributed by atoms with Gasteiger partial charge >= 0.3 is 5.97 Å². The van der Waals surface area contributed by atoms with Gasteiger partial charge in [0.25, 0.3) is 0 Å². The molecule has 7 nitrogen and oxygen atoms in total. The van der Waals surface area contributed by atoms with Crippen molar-refractivity contribution in [2.45, 2.75) is 13.5 Å². The fourth-order valence-corrected chi connectivity index (χ4v) is 3.67. The van der Waals surface area contributed by atoms with Crippen LogP contribution in [0.1, 0.15) is 20.9 Å². The first-order valence-corrected chi connectivity index (χ1v) is 9.32. The van der Waals surface area contributed by atoms with Gasteiger partial charge in [-0.3, -0.25) is 0 Å². The fraction of sp³-hybridized carbons (Fsp3) is 0.100. The molecule has 1 N–H and O–H groups in total. The van der Waals surface area contributed by atoms with E-state index in [9.17, 15) is 9.90 Å². The molecule has 0 amide bonds. The minimum atomic E-state index is -0.967. The molecule has 0 aliphatic heterocycles. The van der Waals surface area contributed by atoms with Gasteiger partial charge in [-0.1, -0.05) is 35.5 Å². The molecule has 8 heteroatoms. The predicted octanol–water partition coefficient (Wildman–Crippen LogP) is 3.98. The van der Waals surface area contributed by atoms with Gasteiger partial charge in [0.05, 0.1) is 23.8 Å². The van der Waals surface area contributed by atoms with Crippen molar-refractivity contribution in [1.82, 2.24) is 20.0 Å². The van der Waals surface area contributed by atoms with Crippen molar-refractivity contribution < 1.29 is 14.6 Å². The van der Waals surface area contributed by atoms with Gasteiger partial charge < -0.3 is 9.84 Å². The van der Waals surface area contributed by atoms with E-state index in [0.29, 0.717) is 17.3 Å². The third-order valence-electron chi connectivity index (χ3n) is 4.13. The first kappa shape index (κ1) is 17.9. The zero-order chi connectivity index (χ0) is 19.5. The molecule has 0 fully saturated rings. The Morgan fingerprint density at radius 1 is 1.21 bits per heavy atom. The molecule has 2 heterocycles. The quantitative estimate of drug-likeness (QED) is 0.534. The van der Waals surface area contributed by atoms with Gasteiger partial charge in [-0.2, -0.15) is 0 Å². The maximum Gasteiger partial charge on any atom is 0.347 e. The van der Waals surface area contributed by atoms with Gasteiger partial charge in [0, 0.05) is 11.1 Å². The highest BCUT2D eigenvalue weighted by atomic mass is 32.1. The molecule has 28 heavy (non-hydrogen) atoms. The number of rotatable bonds is 6. The van der Waals surface area contributed by atoms with E-state index in [-0.39, 0.29) is 4.88 Å². The lowest BCUT2D eigenvalue weighted by Crippen LogP contribution is -2.04. The van der Waals surface area contributed by atoms with E-state index in [0.717, 1.165) is 33.9 Å². The summed E-state index contributed by atoms with van der Waals surface area (Å²) in [5.74, 6) is -0.191. The minimum absolute atomic E-state index is 0.244. The average molecular weight is 392 g/mol. The Hall–Kier alpha value is -3.52. The second kappa shape index (κ2) is 7.61. The Kier molecular flexibility index (Phi) is 4.86. The highest BCUT2D eigenvalue weighted by molar-refractivity contribution is 7.17. The normalized spacial score (nSPS) is 10.8. The van der Waals surface area contributed by atoms with Crippen LogP contribution in [0, 0.1) is 6.92 Å². The second-order valence-electron chi connectivity index (χ2n) is 6.03. The topological polar surface area (TPSA) is 90.1 Å². The molecular weight excluding hydrogens is 376 g/mol. The summed E-state index contributed by atoms with van der Waals surface area (Å²) >= 11 is 1.16. The van der Waals surface area contributed by atoms with Crippen LogP contribution >= 0.6 is 11.3 Å². The van der Waals surface area contributed by atoms with E-state index in [4.69, 9.17) is 4.74 Å². The summed E-state index contributed by atoms with van der Waals surface area (Å²) in [6.45, 7) is 2.06. The van der Waals surface area contributed by atoms with Crippen LogP contribution in [0.2, 0.25) is 0 Å². The number of hydrogen-bond acceptors (Lipinski definition) is 6. The van der Waals surface area contributed by atoms with Crippen molar-refractivity contribution in [1.29, 1.82) is 0 Å². The van der Waals surface area contributed by atoms with E-state index >= 15 is 0 Å². The van der Waals surface area contributed by atoms with E-state index in [1.807, 2.05) is 48.5 Å². The molecule has 0 aliphatic rings. The van der Waals surface area contributed by atoms with Crippen LogP contribution in [0.4, 0.5) is 0 Å². The Labute approximate surface area is 164 Å². The lowest BCUT2D eigenvalue weighted by atomic mass is 10.1. The number of carboxylic acids is 1. The third kappa shape index (κ3) is 3.63. The zero-order valence-corrected chi connectivity index (χ0v) is 15.8. The largest absolute Gasteiger partial charge is 0.489 e. The van der Waals surface area contributed by atoms with Crippen LogP contribution in [-0.2, 0) is 6.61 Å². The third-order valence-corrected chi connectivity index (χ3v) is 5.32. The second-order valence-corrected chi connectivity index (χ2v) is 7.03. The van der Waals surface area contributed by atoms with Crippen LogP contribution in [0.3, 0.4) is 0 Å². The lowest BCUT2D eigenvalue weighted by molar-refractivity contribution is 0.0701. The lowest BCUT2D eigenvalue weighted by Gasteiger charge is -2.12. The summed E-state index contributed by atoms with van der Waals surface area (Å²) in [6.07, 6.45) is 3.35. The number of hydrogen-bond donors (Lipinski definition) is 1. The Balaban J connectivity index is 1.70. The van der Waals surface area contributed by atoms with Crippen LogP contribution in [0.5, 0.6) is 5.75 Å². The number of nitrogens with zero attached hydrogens (tertiary/aromatic N) is 4. The van der Waals surface area contributed by atoms with E-state index in [1.54, 1.807) is 24.0 Å². The van der Waals surface area contributed by atoms with E-state index in [1.165, 1.54) is 0 Å². The van der Waals surface area contributed by atoms with E-state index in [2.05, 4.69) is 15.3 Å². The number of para-hydroxylation sites is 1. The number of thiazole rings is 1. The molecule has 0 atom stereocenters. The molecule has 4 rings (SSSR count). The Bertz CT molecular complexity index is 1110. The first-order chi connectivity index (χ1) is 13.6. The van der Waals surface area contributed by atoms with Gasteiger partial charge in [-0.25, -0.2) is 14.5 Å². The zero-order valence-electron chi connectivity index (χ0n) is 14.9. The minimum Gasteiger partial charge on any atom is -0.489 e. The van der Waals surface area contributed by atoms with Crippen molar-refractivity contribution in [2.75, 3.05) is 0 Å². The first-order valence-electron chi connectivity index (χ1n) is 8.50. The van der Waals surface area contributed by atoms with E-state index < -0.39 is 5.97 Å². The Morgan fingerprint density at radius 2 is 2.04 bits per heavy atom. The average Bonchev–Trinajstić information content (AvgIpc) is 3.37. The molecule has 2 aromatic heterocycles.